The summed E-state index contributed by atoms with van der Waals surface area (Å²) in [5, 5.41) is 25.5. The quantitative estimate of drug-likeness (QED) is 0.645. The fourth-order valence-electron chi connectivity index (χ4n) is 2.54. The van der Waals surface area contributed by atoms with E-state index >= 15 is 0 Å². The number of aryl methyl sites for hydroxylation is 1. The van der Waals surface area contributed by atoms with Gasteiger partial charge in [-0.05, 0) is 30.7 Å². The molecule has 0 fully saturated rings. The van der Waals surface area contributed by atoms with Crippen LogP contribution >= 0.6 is 0 Å². The first-order valence-corrected chi connectivity index (χ1v) is 7.85. The fraction of sp³-hybridized carbons (Fsp3) is 0.235. The summed E-state index contributed by atoms with van der Waals surface area (Å²) in [4.78, 5) is 16.2. The molecule has 2 aromatic heterocycles. The van der Waals surface area contributed by atoms with Gasteiger partial charge in [-0.1, -0.05) is 12.1 Å². The van der Waals surface area contributed by atoms with Gasteiger partial charge in [0.25, 0.3) is 5.91 Å². The van der Waals surface area contributed by atoms with Gasteiger partial charge in [-0.2, -0.15) is 18.3 Å². The van der Waals surface area contributed by atoms with Crippen molar-refractivity contribution in [3.05, 3.63) is 59.0 Å². The Labute approximate surface area is 151 Å². The van der Waals surface area contributed by atoms with Gasteiger partial charge < -0.3 is 15.5 Å². The number of fused-ring (bicyclic) bond motifs is 1. The van der Waals surface area contributed by atoms with E-state index in [0.29, 0.717) is 10.1 Å². The van der Waals surface area contributed by atoms with E-state index in [1.807, 2.05) is 0 Å². The van der Waals surface area contributed by atoms with E-state index in [-0.39, 0.29) is 29.3 Å². The average Bonchev–Trinajstić information content (AvgIpc) is 3.01. The number of hydrogen-bond acceptors (Lipinski definition) is 5. The molecule has 0 unspecified atom stereocenters. The zero-order valence-electron chi connectivity index (χ0n) is 14.0. The van der Waals surface area contributed by atoms with E-state index in [0.717, 1.165) is 12.1 Å². The van der Waals surface area contributed by atoms with Crippen molar-refractivity contribution in [3.8, 4) is 5.75 Å². The first-order valence-electron chi connectivity index (χ1n) is 7.85. The highest BCUT2D eigenvalue weighted by Gasteiger charge is 2.35. The standard InChI is InChI=1S/C17H15F3N4O3/c1-9-5-14(17(18,19)20)24-15(22-9)7-12(23-24)16(27)21-8-13(26)10-3-2-4-11(25)6-10/h2-7,13,25-26H,8H2,1H3,(H,21,27)/t13-/m1/s1. The van der Waals surface area contributed by atoms with Crippen LogP contribution in [0.4, 0.5) is 13.2 Å². The van der Waals surface area contributed by atoms with Gasteiger partial charge in [-0.25, -0.2) is 9.50 Å². The van der Waals surface area contributed by atoms with Gasteiger partial charge in [-0.15, -0.1) is 0 Å². The molecule has 3 rings (SSSR count). The lowest BCUT2D eigenvalue weighted by atomic mass is 10.1. The van der Waals surface area contributed by atoms with E-state index in [9.17, 15) is 28.2 Å². The summed E-state index contributed by atoms with van der Waals surface area (Å²) in [5.74, 6) is -0.801. The Bertz CT molecular complexity index is 1000. The highest BCUT2D eigenvalue weighted by atomic mass is 19.4. The number of aliphatic hydroxyl groups excluding tert-OH is 1. The summed E-state index contributed by atoms with van der Waals surface area (Å²) < 4.78 is 40.0. The Balaban J connectivity index is 1.80. The number of aromatic nitrogens is 3. The predicted octanol–water partition coefficient (Wildman–Crippen LogP) is 2.23. The first-order chi connectivity index (χ1) is 12.6. The number of alkyl halides is 3. The number of aliphatic hydroxyl groups is 1. The lowest BCUT2D eigenvalue weighted by Gasteiger charge is -2.12. The van der Waals surface area contributed by atoms with Crippen LogP contribution in [0.25, 0.3) is 5.65 Å². The van der Waals surface area contributed by atoms with Crippen molar-refractivity contribution in [1.29, 1.82) is 0 Å². The van der Waals surface area contributed by atoms with E-state index in [1.54, 1.807) is 6.07 Å². The summed E-state index contributed by atoms with van der Waals surface area (Å²) in [5.41, 5.74) is -0.894. The lowest BCUT2D eigenvalue weighted by Crippen LogP contribution is -2.28. The number of nitrogens with zero attached hydrogens (tertiary/aromatic N) is 3. The predicted molar refractivity (Wildman–Crippen MR) is 88.1 cm³/mol. The average molecular weight is 380 g/mol. The number of amides is 1. The molecular formula is C17H15F3N4O3. The normalized spacial score (nSPS) is 12.9. The molecule has 3 N–H and O–H groups in total. The Hall–Kier alpha value is -3.14. The summed E-state index contributed by atoms with van der Waals surface area (Å²) in [6, 6.07) is 7.84. The molecule has 0 saturated carbocycles. The number of carbonyl (C=O) groups is 1. The molecule has 0 aliphatic carbocycles. The van der Waals surface area contributed by atoms with E-state index < -0.39 is 23.9 Å². The molecule has 2 heterocycles. The topological polar surface area (TPSA) is 99.8 Å². The number of phenols is 1. The third kappa shape index (κ3) is 4.00. The molecule has 0 spiro atoms. The van der Waals surface area contributed by atoms with Gasteiger partial charge in [0.1, 0.15) is 11.4 Å². The van der Waals surface area contributed by atoms with Crippen molar-refractivity contribution < 1.29 is 28.2 Å². The monoisotopic (exact) mass is 380 g/mol. The third-order valence-corrected chi connectivity index (χ3v) is 3.79. The number of benzene rings is 1. The van der Waals surface area contributed by atoms with E-state index in [4.69, 9.17) is 0 Å². The molecule has 0 saturated heterocycles. The Kier molecular flexibility index (Phi) is 4.75. The molecule has 1 amide bonds. The van der Waals surface area contributed by atoms with Crippen LogP contribution in [0.15, 0.2) is 36.4 Å². The summed E-state index contributed by atoms with van der Waals surface area (Å²) in [6.07, 6.45) is -5.76. The molecule has 1 atom stereocenters. The Morgan fingerprint density at radius 3 is 2.70 bits per heavy atom. The number of halogens is 3. The fourth-order valence-corrected chi connectivity index (χ4v) is 2.54. The summed E-state index contributed by atoms with van der Waals surface area (Å²) in [7, 11) is 0. The molecule has 27 heavy (non-hydrogen) atoms. The SMILES string of the molecule is Cc1cc(C(F)(F)F)n2nc(C(=O)NC[C@@H](O)c3cccc(O)c3)cc2n1. The van der Waals surface area contributed by atoms with E-state index in [2.05, 4.69) is 15.4 Å². The minimum atomic E-state index is -4.66. The molecular weight excluding hydrogens is 365 g/mol. The van der Waals surface area contributed by atoms with Crippen LogP contribution in [0.1, 0.15) is 33.5 Å². The van der Waals surface area contributed by atoms with Crippen molar-refractivity contribution in [2.75, 3.05) is 6.54 Å². The zero-order chi connectivity index (χ0) is 19.8. The molecule has 142 valence electrons. The smallest absolute Gasteiger partial charge is 0.433 e. The minimum Gasteiger partial charge on any atom is -0.508 e. The number of nitrogens with one attached hydrogen (secondary N) is 1. The Morgan fingerprint density at radius 2 is 2.04 bits per heavy atom. The molecule has 1 aromatic carbocycles. The molecule has 3 aromatic rings. The van der Waals surface area contributed by atoms with Gasteiger partial charge >= 0.3 is 6.18 Å². The largest absolute Gasteiger partial charge is 0.508 e. The van der Waals surface area contributed by atoms with Crippen molar-refractivity contribution in [2.24, 2.45) is 0 Å². The first kappa shape index (κ1) is 18.6. The molecule has 7 nitrogen and oxygen atoms in total. The number of rotatable bonds is 4. The number of aromatic hydroxyl groups is 1. The maximum absolute atomic E-state index is 13.1. The van der Waals surface area contributed by atoms with Gasteiger partial charge in [0.05, 0.1) is 6.10 Å². The third-order valence-electron chi connectivity index (χ3n) is 3.79. The molecule has 0 aliphatic heterocycles. The highest BCUT2D eigenvalue weighted by Crippen LogP contribution is 2.29. The lowest BCUT2D eigenvalue weighted by molar-refractivity contribution is -0.142. The second-order valence-corrected chi connectivity index (χ2v) is 5.90. The van der Waals surface area contributed by atoms with Gasteiger partial charge in [0, 0.05) is 18.3 Å². The van der Waals surface area contributed by atoms with Crippen LogP contribution in [-0.4, -0.2) is 37.3 Å². The van der Waals surface area contributed by atoms with Crippen molar-refractivity contribution >= 4 is 11.6 Å². The van der Waals surface area contributed by atoms with Crippen LogP contribution in [-0.2, 0) is 6.18 Å². The maximum atomic E-state index is 13.1. The van der Waals surface area contributed by atoms with Crippen LogP contribution in [0.5, 0.6) is 5.75 Å². The van der Waals surface area contributed by atoms with Gasteiger partial charge in [-0.3, -0.25) is 4.79 Å². The summed E-state index contributed by atoms with van der Waals surface area (Å²) >= 11 is 0. The maximum Gasteiger partial charge on any atom is 0.433 e. The number of hydrogen-bond donors (Lipinski definition) is 3. The molecule has 0 radical (unpaired) electrons. The molecule has 10 heteroatoms. The van der Waals surface area contributed by atoms with Crippen LogP contribution in [0.2, 0.25) is 0 Å². The second-order valence-electron chi connectivity index (χ2n) is 5.90. The highest BCUT2D eigenvalue weighted by molar-refractivity contribution is 5.93. The summed E-state index contributed by atoms with van der Waals surface area (Å²) in [6.45, 7) is 1.20. The second kappa shape index (κ2) is 6.88. The van der Waals surface area contributed by atoms with Crippen molar-refractivity contribution in [3.63, 3.8) is 0 Å². The van der Waals surface area contributed by atoms with Crippen LogP contribution < -0.4 is 5.32 Å². The number of phenolic OH excluding ortho intramolecular Hbond substituents is 1. The van der Waals surface area contributed by atoms with Crippen LogP contribution in [0, 0.1) is 6.92 Å². The van der Waals surface area contributed by atoms with Gasteiger partial charge in [0.2, 0.25) is 0 Å². The zero-order valence-corrected chi connectivity index (χ0v) is 14.0. The molecule has 0 bridgehead atoms. The van der Waals surface area contributed by atoms with Crippen LogP contribution in [0.3, 0.4) is 0 Å². The van der Waals surface area contributed by atoms with Gasteiger partial charge in [0.15, 0.2) is 11.3 Å². The van der Waals surface area contributed by atoms with Crippen molar-refractivity contribution in [1.82, 2.24) is 19.9 Å². The number of carbonyl (C=O) groups excluding carboxylic acids is 1. The minimum absolute atomic E-state index is 0.0423. The molecule has 0 aliphatic rings. The van der Waals surface area contributed by atoms with E-state index in [1.165, 1.54) is 25.1 Å². The van der Waals surface area contributed by atoms with Crippen molar-refractivity contribution in [2.45, 2.75) is 19.2 Å². The Morgan fingerprint density at radius 1 is 1.30 bits per heavy atom.